The number of benzene rings is 1. The van der Waals surface area contributed by atoms with Gasteiger partial charge >= 0.3 is 0 Å². The molecule has 1 amide bonds. The van der Waals surface area contributed by atoms with E-state index in [0.717, 1.165) is 34.7 Å². The lowest BCUT2D eigenvalue weighted by Gasteiger charge is -2.14. The fraction of sp³-hybridized carbons (Fsp3) is 0.294. The maximum Gasteiger partial charge on any atom is 0.251 e. The molecule has 3 rings (SSSR count). The van der Waals surface area contributed by atoms with Gasteiger partial charge in [0.15, 0.2) is 0 Å². The average molecular weight is 297 g/mol. The molecule has 0 aliphatic carbocycles. The second kappa shape index (κ2) is 5.67. The summed E-state index contributed by atoms with van der Waals surface area (Å²) in [4.78, 5) is 19.9. The maximum atomic E-state index is 12.5. The summed E-state index contributed by atoms with van der Waals surface area (Å²) in [5, 5.41) is 3.96. The molecule has 1 atom stereocenters. The number of aromatic nitrogens is 2. The number of nitrogens with one attached hydrogen (secondary N) is 2. The number of fused-ring (bicyclic) bond motifs is 1. The summed E-state index contributed by atoms with van der Waals surface area (Å²) < 4.78 is 5.53. The topological polar surface area (TPSA) is 70.9 Å². The summed E-state index contributed by atoms with van der Waals surface area (Å²) in [6.07, 6.45) is 2.54. The monoisotopic (exact) mass is 297 g/mol. The SMILES string of the molecule is CC[C@H](NC(=O)c1ccc2oc(C)cc2c1)c1ncc(C)[nH]1. The van der Waals surface area contributed by atoms with Crippen LogP contribution in [0.5, 0.6) is 0 Å². The predicted octanol–water partition coefficient (Wildman–Crippen LogP) is 3.65. The van der Waals surface area contributed by atoms with Crippen molar-refractivity contribution in [3.8, 4) is 0 Å². The van der Waals surface area contributed by atoms with Crippen molar-refractivity contribution >= 4 is 16.9 Å². The maximum absolute atomic E-state index is 12.5. The minimum Gasteiger partial charge on any atom is -0.461 e. The van der Waals surface area contributed by atoms with E-state index >= 15 is 0 Å². The van der Waals surface area contributed by atoms with Crippen LogP contribution in [0.3, 0.4) is 0 Å². The van der Waals surface area contributed by atoms with E-state index in [0.29, 0.717) is 5.56 Å². The highest BCUT2D eigenvalue weighted by Crippen LogP contribution is 2.21. The molecule has 22 heavy (non-hydrogen) atoms. The fourth-order valence-corrected chi connectivity index (χ4v) is 2.53. The summed E-state index contributed by atoms with van der Waals surface area (Å²) in [6, 6.07) is 7.26. The Bertz CT molecular complexity index is 816. The van der Waals surface area contributed by atoms with Gasteiger partial charge in [0.1, 0.15) is 17.2 Å². The van der Waals surface area contributed by atoms with Crippen molar-refractivity contribution < 1.29 is 9.21 Å². The molecule has 2 N–H and O–H groups in total. The van der Waals surface area contributed by atoms with Crippen LogP contribution in [0.1, 0.15) is 47.0 Å². The Hall–Kier alpha value is -2.56. The van der Waals surface area contributed by atoms with Crippen molar-refractivity contribution in [1.29, 1.82) is 0 Å². The van der Waals surface area contributed by atoms with Gasteiger partial charge in [-0.05, 0) is 44.5 Å². The summed E-state index contributed by atoms with van der Waals surface area (Å²) >= 11 is 0. The Morgan fingerprint density at radius 2 is 2.18 bits per heavy atom. The molecule has 1 aromatic carbocycles. The van der Waals surface area contributed by atoms with Crippen LogP contribution in [0.15, 0.2) is 34.9 Å². The zero-order valence-corrected chi connectivity index (χ0v) is 12.9. The third kappa shape index (κ3) is 2.74. The van der Waals surface area contributed by atoms with Crippen LogP contribution in [0.2, 0.25) is 0 Å². The number of carbonyl (C=O) groups is 1. The lowest BCUT2D eigenvalue weighted by Crippen LogP contribution is -2.28. The number of aromatic amines is 1. The molecule has 5 nitrogen and oxygen atoms in total. The first-order valence-corrected chi connectivity index (χ1v) is 7.39. The highest BCUT2D eigenvalue weighted by molar-refractivity contribution is 5.98. The van der Waals surface area contributed by atoms with E-state index in [4.69, 9.17) is 4.42 Å². The zero-order chi connectivity index (χ0) is 15.7. The molecular weight excluding hydrogens is 278 g/mol. The fourth-order valence-electron chi connectivity index (χ4n) is 2.53. The molecule has 0 spiro atoms. The van der Waals surface area contributed by atoms with E-state index in [2.05, 4.69) is 15.3 Å². The standard InChI is InChI=1S/C17H19N3O2/c1-4-14(16-18-9-10(2)19-16)20-17(21)12-5-6-15-13(8-12)7-11(3)22-15/h5-9,14H,4H2,1-3H3,(H,18,19)(H,20,21)/t14-/m0/s1. The number of H-pyrrole nitrogens is 1. The Kier molecular flexibility index (Phi) is 3.71. The molecule has 0 unspecified atom stereocenters. The third-order valence-corrected chi connectivity index (χ3v) is 3.67. The van der Waals surface area contributed by atoms with Gasteiger partial charge in [-0.15, -0.1) is 0 Å². The minimum absolute atomic E-state index is 0.110. The second-order valence-corrected chi connectivity index (χ2v) is 5.50. The number of rotatable bonds is 4. The van der Waals surface area contributed by atoms with Gasteiger partial charge in [0, 0.05) is 22.8 Å². The number of amides is 1. The molecule has 114 valence electrons. The molecule has 3 aromatic rings. The number of nitrogens with zero attached hydrogens (tertiary/aromatic N) is 1. The van der Waals surface area contributed by atoms with E-state index in [9.17, 15) is 4.79 Å². The second-order valence-electron chi connectivity index (χ2n) is 5.50. The molecule has 0 fully saturated rings. The van der Waals surface area contributed by atoms with E-state index < -0.39 is 0 Å². The first-order valence-electron chi connectivity index (χ1n) is 7.39. The molecule has 0 aliphatic rings. The van der Waals surface area contributed by atoms with Crippen LogP contribution in [0, 0.1) is 13.8 Å². The Balaban J connectivity index is 1.82. The van der Waals surface area contributed by atoms with Crippen LogP contribution in [-0.2, 0) is 0 Å². The van der Waals surface area contributed by atoms with Crippen LogP contribution in [0.4, 0.5) is 0 Å². The van der Waals surface area contributed by atoms with E-state index in [-0.39, 0.29) is 11.9 Å². The number of carbonyl (C=O) groups excluding carboxylic acids is 1. The van der Waals surface area contributed by atoms with Gasteiger partial charge in [-0.3, -0.25) is 4.79 Å². The lowest BCUT2D eigenvalue weighted by molar-refractivity contribution is 0.0934. The number of imidazole rings is 1. The molecular formula is C17H19N3O2. The van der Waals surface area contributed by atoms with Gasteiger partial charge in [0.2, 0.25) is 0 Å². The van der Waals surface area contributed by atoms with Crippen LogP contribution >= 0.6 is 0 Å². The van der Waals surface area contributed by atoms with Crippen molar-refractivity contribution in [3.05, 3.63) is 53.3 Å². The molecule has 0 saturated heterocycles. The largest absolute Gasteiger partial charge is 0.461 e. The first-order chi connectivity index (χ1) is 10.6. The molecule has 2 aromatic heterocycles. The van der Waals surface area contributed by atoms with Crippen molar-refractivity contribution in [3.63, 3.8) is 0 Å². The van der Waals surface area contributed by atoms with Gasteiger partial charge in [0.05, 0.1) is 6.04 Å². The average Bonchev–Trinajstić information content (AvgIpc) is 3.08. The number of hydrogen-bond acceptors (Lipinski definition) is 3. The molecule has 5 heteroatoms. The molecule has 0 bridgehead atoms. The summed E-state index contributed by atoms with van der Waals surface area (Å²) in [6.45, 7) is 5.86. The number of aryl methyl sites for hydroxylation is 2. The van der Waals surface area contributed by atoms with Crippen molar-refractivity contribution in [2.75, 3.05) is 0 Å². The zero-order valence-electron chi connectivity index (χ0n) is 12.9. The van der Waals surface area contributed by atoms with Crippen LogP contribution in [-0.4, -0.2) is 15.9 Å². The summed E-state index contributed by atoms with van der Waals surface area (Å²) in [7, 11) is 0. The van der Waals surface area contributed by atoms with E-state index in [1.807, 2.05) is 39.0 Å². The van der Waals surface area contributed by atoms with Crippen molar-refractivity contribution in [1.82, 2.24) is 15.3 Å². The summed E-state index contributed by atoms with van der Waals surface area (Å²) in [5.74, 6) is 1.51. The third-order valence-electron chi connectivity index (χ3n) is 3.67. The van der Waals surface area contributed by atoms with Crippen LogP contribution < -0.4 is 5.32 Å². The van der Waals surface area contributed by atoms with Crippen molar-refractivity contribution in [2.45, 2.75) is 33.2 Å². The minimum atomic E-state index is -0.122. The molecule has 0 saturated carbocycles. The lowest BCUT2D eigenvalue weighted by atomic mass is 10.1. The van der Waals surface area contributed by atoms with Gasteiger partial charge in [-0.1, -0.05) is 6.92 Å². The van der Waals surface area contributed by atoms with E-state index in [1.54, 1.807) is 12.3 Å². The highest BCUT2D eigenvalue weighted by atomic mass is 16.3. The first kappa shape index (κ1) is 14.4. The molecule has 0 aliphatic heterocycles. The van der Waals surface area contributed by atoms with Gasteiger partial charge in [-0.2, -0.15) is 0 Å². The van der Waals surface area contributed by atoms with Gasteiger partial charge in [0.25, 0.3) is 5.91 Å². The smallest absolute Gasteiger partial charge is 0.251 e. The van der Waals surface area contributed by atoms with Gasteiger partial charge in [-0.25, -0.2) is 4.98 Å². The Labute approximate surface area is 128 Å². The quantitative estimate of drug-likeness (QED) is 0.772. The molecule has 2 heterocycles. The van der Waals surface area contributed by atoms with E-state index in [1.165, 1.54) is 0 Å². The number of furan rings is 1. The summed E-state index contributed by atoms with van der Waals surface area (Å²) in [5.41, 5.74) is 2.40. The predicted molar refractivity (Wildman–Crippen MR) is 84.8 cm³/mol. The van der Waals surface area contributed by atoms with Crippen LogP contribution in [0.25, 0.3) is 11.0 Å². The highest BCUT2D eigenvalue weighted by Gasteiger charge is 2.17. The van der Waals surface area contributed by atoms with Gasteiger partial charge < -0.3 is 14.7 Å². The normalized spacial score (nSPS) is 12.5. The number of hydrogen-bond donors (Lipinski definition) is 2. The Morgan fingerprint density at radius 1 is 1.36 bits per heavy atom. The van der Waals surface area contributed by atoms with Crippen molar-refractivity contribution in [2.24, 2.45) is 0 Å². The molecule has 0 radical (unpaired) electrons. The Morgan fingerprint density at radius 3 is 2.86 bits per heavy atom.